The zero-order chi connectivity index (χ0) is 5.70. The Labute approximate surface area is 69.4 Å². The lowest BCUT2D eigenvalue weighted by molar-refractivity contribution is 1.11. The fourth-order valence-electron chi connectivity index (χ4n) is 0.246. The Morgan fingerprint density at radius 2 is 1.89 bits per heavy atom. The Kier molecular flexibility index (Phi) is 20.3. The molecule has 0 N–H and O–H groups in total. The van der Waals surface area contributed by atoms with Gasteiger partial charge in [0.2, 0.25) is 0 Å². The molecule has 0 rings (SSSR count). The van der Waals surface area contributed by atoms with Crippen molar-refractivity contribution in [3.63, 3.8) is 0 Å². The summed E-state index contributed by atoms with van der Waals surface area (Å²) in [5.74, 6) is 1.18. The smallest absolute Gasteiger partial charge is 0.0447 e. The van der Waals surface area contributed by atoms with Gasteiger partial charge in [-0.3, -0.25) is 0 Å². The second kappa shape index (κ2) is 11.3. The van der Waals surface area contributed by atoms with Gasteiger partial charge in [-0.1, -0.05) is 34.0 Å². The van der Waals surface area contributed by atoms with Crippen molar-refractivity contribution in [3.8, 4) is 0 Å². The summed E-state index contributed by atoms with van der Waals surface area (Å²) in [6.45, 7) is 4.13. The number of hydrogen-bond acceptors (Lipinski definition) is 2. The van der Waals surface area contributed by atoms with Crippen LogP contribution >= 0.6 is 24.0 Å². The van der Waals surface area contributed by atoms with E-state index in [1.165, 1.54) is 12.2 Å². The van der Waals surface area contributed by atoms with E-state index in [1.807, 2.05) is 6.92 Å². The third kappa shape index (κ3) is 17.8. The molecule has 0 saturated carbocycles. The Morgan fingerprint density at radius 1 is 1.44 bits per heavy atom. The normalized spacial score (nSPS) is 6.89. The highest BCUT2D eigenvalue weighted by molar-refractivity contribution is 8.23. The van der Waals surface area contributed by atoms with Gasteiger partial charge in [-0.15, -0.1) is 11.8 Å². The monoisotopic (exact) mass is 166 g/mol. The van der Waals surface area contributed by atoms with E-state index >= 15 is 0 Å². The maximum Gasteiger partial charge on any atom is 0.0447 e. The van der Waals surface area contributed by atoms with Gasteiger partial charge in [-0.05, 0) is 19.1 Å². The molecule has 0 nitrogen and oxygen atoms in total. The van der Waals surface area contributed by atoms with Gasteiger partial charge in [-0.25, -0.2) is 0 Å². The average Bonchev–Trinajstić information content (AvgIpc) is 1.61. The summed E-state index contributed by atoms with van der Waals surface area (Å²) in [6, 6.07) is 0. The van der Waals surface area contributed by atoms with E-state index in [0.29, 0.717) is 0 Å². The van der Waals surface area contributed by atoms with Crippen molar-refractivity contribution >= 4 is 28.2 Å². The minimum absolute atomic E-state index is 0. The van der Waals surface area contributed by atoms with Gasteiger partial charge in [0.1, 0.15) is 0 Å². The van der Waals surface area contributed by atoms with Gasteiger partial charge in [-0.2, -0.15) is 0 Å². The van der Waals surface area contributed by atoms with Crippen LogP contribution in [-0.4, -0.2) is 9.95 Å². The van der Waals surface area contributed by atoms with E-state index in [1.54, 1.807) is 11.8 Å². The third-order valence-corrected chi connectivity index (χ3v) is 1.88. The molecule has 0 aromatic carbocycles. The van der Waals surface area contributed by atoms with Crippen molar-refractivity contribution in [2.24, 2.45) is 0 Å². The van der Waals surface area contributed by atoms with E-state index in [2.05, 4.69) is 6.92 Å². The third-order valence-electron chi connectivity index (χ3n) is 0.509. The second-order valence-corrected chi connectivity index (χ2v) is 3.52. The van der Waals surface area contributed by atoms with Crippen molar-refractivity contribution in [2.75, 3.05) is 5.75 Å². The molecule has 0 fully saturated rings. The number of thioether (sulfide) groups is 1. The molecule has 0 aliphatic heterocycles. The Balaban J connectivity index is -0.000000180. The summed E-state index contributed by atoms with van der Waals surface area (Å²) < 4.78 is 1.06. The van der Waals surface area contributed by atoms with Crippen molar-refractivity contribution in [2.45, 2.75) is 35.1 Å². The predicted octanol–water partition coefficient (Wildman–Crippen LogP) is 3.75. The first-order chi connectivity index (χ1) is 3.27. The lowest BCUT2D eigenvalue weighted by Gasteiger charge is -1.89. The van der Waals surface area contributed by atoms with Gasteiger partial charge < -0.3 is 0 Å². The molecule has 9 heavy (non-hydrogen) atoms. The summed E-state index contributed by atoms with van der Waals surface area (Å²) >= 11 is 6.59. The van der Waals surface area contributed by atoms with E-state index in [9.17, 15) is 0 Å². The molecule has 0 bridgehead atoms. The molecule has 0 aliphatic rings. The number of rotatable bonds is 2. The van der Waals surface area contributed by atoms with Gasteiger partial charge in [0.25, 0.3) is 0 Å². The molecule has 0 unspecified atom stereocenters. The van der Waals surface area contributed by atoms with Crippen LogP contribution in [0, 0.1) is 0 Å². The highest BCUT2D eigenvalue weighted by atomic mass is 32.2. The van der Waals surface area contributed by atoms with Gasteiger partial charge in [0.15, 0.2) is 0 Å². The van der Waals surface area contributed by atoms with Gasteiger partial charge in [0.05, 0.1) is 0 Å². The minimum atomic E-state index is 0. The summed E-state index contributed by atoms with van der Waals surface area (Å²) in [5.41, 5.74) is 0. The highest BCUT2D eigenvalue weighted by Crippen LogP contribution is 2.03. The van der Waals surface area contributed by atoms with E-state index in [4.69, 9.17) is 12.2 Å². The van der Waals surface area contributed by atoms with Crippen LogP contribution in [0.25, 0.3) is 0 Å². The van der Waals surface area contributed by atoms with Crippen LogP contribution in [0.3, 0.4) is 0 Å². The lowest BCUT2D eigenvalue weighted by atomic mass is 10.6. The van der Waals surface area contributed by atoms with E-state index < -0.39 is 0 Å². The number of thiocarbonyl (C=S) groups is 1. The average molecular weight is 166 g/mol. The standard InChI is InChI=1S/C5H10S2.2CH4/c1-3-4-7-5(2)6;;/h3-4H2,1-2H3;2*1H4. The molecule has 0 saturated heterocycles. The summed E-state index contributed by atoms with van der Waals surface area (Å²) in [6.07, 6.45) is 1.22. The van der Waals surface area contributed by atoms with Crippen LogP contribution in [0.15, 0.2) is 0 Å². The molecule has 2 heteroatoms. The van der Waals surface area contributed by atoms with Crippen molar-refractivity contribution in [3.05, 3.63) is 0 Å². The molecular weight excluding hydrogens is 148 g/mol. The second-order valence-electron chi connectivity index (χ2n) is 1.34. The minimum Gasteiger partial charge on any atom is -0.119 e. The molecular formula is C7H18S2. The van der Waals surface area contributed by atoms with Gasteiger partial charge in [0, 0.05) is 4.20 Å². The van der Waals surface area contributed by atoms with Crippen LogP contribution in [0.1, 0.15) is 35.1 Å². The topological polar surface area (TPSA) is 0 Å². The number of hydrogen-bond donors (Lipinski definition) is 0. The summed E-state index contributed by atoms with van der Waals surface area (Å²) in [7, 11) is 0. The Morgan fingerprint density at radius 3 is 2.00 bits per heavy atom. The van der Waals surface area contributed by atoms with Crippen LogP contribution in [0.5, 0.6) is 0 Å². The highest BCUT2D eigenvalue weighted by Gasteiger charge is 1.83. The van der Waals surface area contributed by atoms with Crippen LogP contribution in [-0.2, 0) is 0 Å². The zero-order valence-corrected chi connectivity index (χ0v) is 6.36. The van der Waals surface area contributed by atoms with Crippen molar-refractivity contribution in [1.29, 1.82) is 0 Å². The Hall–Kier alpha value is 0.440. The molecule has 0 amide bonds. The molecule has 0 aromatic heterocycles. The summed E-state index contributed by atoms with van der Waals surface area (Å²) in [4.78, 5) is 0. The predicted molar refractivity (Wildman–Crippen MR) is 54.5 cm³/mol. The lowest BCUT2D eigenvalue weighted by Crippen LogP contribution is -1.78. The van der Waals surface area contributed by atoms with Crippen LogP contribution in [0.4, 0.5) is 0 Å². The quantitative estimate of drug-likeness (QED) is 0.573. The molecule has 58 valence electrons. The first-order valence-corrected chi connectivity index (χ1v) is 3.80. The molecule has 0 aliphatic carbocycles. The van der Waals surface area contributed by atoms with Crippen LogP contribution in [0.2, 0.25) is 0 Å². The fraction of sp³-hybridized carbons (Fsp3) is 0.857. The fourth-order valence-corrected chi connectivity index (χ4v) is 0.987. The maximum atomic E-state index is 4.82. The molecule has 0 aromatic rings. The Bertz CT molecular complexity index is 59.9. The van der Waals surface area contributed by atoms with E-state index in [0.717, 1.165) is 4.20 Å². The largest absolute Gasteiger partial charge is 0.119 e. The first kappa shape index (κ1) is 16.2. The van der Waals surface area contributed by atoms with Gasteiger partial charge >= 0.3 is 0 Å². The maximum absolute atomic E-state index is 4.82. The van der Waals surface area contributed by atoms with Crippen molar-refractivity contribution < 1.29 is 0 Å². The molecule has 0 heterocycles. The molecule has 0 radical (unpaired) electrons. The zero-order valence-electron chi connectivity index (χ0n) is 4.73. The van der Waals surface area contributed by atoms with E-state index in [-0.39, 0.29) is 14.9 Å². The molecule has 0 atom stereocenters. The SMILES string of the molecule is C.C.CCCSC(C)=S. The van der Waals surface area contributed by atoms with Crippen molar-refractivity contribution in [1.82, 2.24) is 0 Å². The first-order valence-electron chi connectivity index (χ1n) is 2.40. The summed E-state index contributed by atoms with van der Waals surface area (Å²) in [5, 5.41) is 0. The molecule has 0 spiro atoms. The van der Waals surface area contributed by atoms with Crippen LogP contribution < -0.4 is 0 Å².